The summed E-state index contributed by atoms with van der Waals surface area (Å²) in [6.45, 7) is 3.06. The molecule has 1 aliphatic heterocycles. The van der Waals surface area contributed by atoms with Crippen LogP contribution < -0.4 is 15.0 Å². The Kier molecular flexibility index (Phi) is 3.73. The summed E-state index contributed by atoms with van der Waals surface area (Å²) in [6.07, 6.45) is 1.05. The highest BCUT2D eigenvalue weighted by Crippen LogP contribution is 2.38. The molecule has 2 unspecified atom stereocenters. The van der Waals surface area contributed by atoms with Gasteiger partial charge in [0.1, 0.15) is 12.2 Å². The number of rotatable bonds is 3. The topological polar surface area (TPSA) is 48.3 Å². The maximum Gasteiger partial charge on any atom is 0.160 e. The minimum Gasteiger partial charge on any atom is -0.485 e. The summed E-state index contributed by atoms with van der Waals surface area (Å²) in [5.74, 6) is 0.724. The summed E-state index contributed by atoms with van der Waals surface area (Å²) in [7, 11) is 3.99. The van der Waals surface area contributed by atoms with Crippen LogP contribution in [0.3, 0.4) is 0 Å². The largest absolute Gasteiger partial charge is 0.485 e. The Morgan fingerprint density at radius 3 is 2.94 bits per heavy atom. The van der Waals surface area contributed by atoms with E-state index in [0.29, 0.717) is 11.6 Å². The van der Waals surface area contributed by atoms with Crippen molar-refractivity contribution < 1.29 is 4.74 Å². The molecule has 1 heterocycles. The lowest BCUT2D eigenvalue weighted by atomic mass is 10.0. The lowest BCUT2D eigenvalue weighted by molar-refractivity contribution is 0.151. The van der Waals surface area contributed by atoms with Gasteiger partial charge in [-0.05, 0) is 39.1 Å². The van der Waals surface area contributed by atoms with E-state index in [1.807, 2.05) is 19.2 Å². The Hall–Kier alpha value is -1.73. The van der Waals surface area contributed by atoms with Crippen molar-refractivity contribution in [3.63, 3.8) is 0 Å². The van der Waals surface area contributed by atoms with Crippen molar-refractivity contribution in [2.45, 2.75) is 25.5 Å². The van der Waals surface area contributed by atoms with Crippen molar-refractivity contribution in [1.82, 2.24) is 5.32 Å². The molecule has 96 valence electrons. The van der Waals surface area contributed by atoms with Crippen molar-refractivity contribution in [2.24, 2.45) is 0 Å². The van der Waals surface area contributed by atoms with E-state index >= 15 is 0 Å². The van der Waals surface area contributed by atoms with Gasteiger partial charge >= 0.3 is 0 Å². The van der Waals surface area contributed by atoms with Crippen LogP contribution in [0.1, 0.15) is 18.9 Å². The number of fused-ring (bicyclic) bond motifs is 1. The third-order valence-electron chi connectivity index (χ3n) is 3.59. The fourth-order valence-corrected chi connectivity index (χ4v) is 2.32. The van der Waals surface area contributed by atoms with Crippen molar-refractivity contribution >= 4 is 5.69 Å². The van der Waals surface area contributed by atoms with E-state index in [2.05, 4.69) is 30.3 Å². The summed E-state index contributed by atoms with van der Waals surface area (Å²) in [6, 6.07) is 8.21. The molecule has 0 aliphatic carbocycles. The minimum absolute atomic E-state index is 0.115. The summed E-state index contributed by atoms with van der Waals surface area (Å²) in [5.41, 5.74) is 1.61. The van der Waals surface area contributed by atoms with Crippen LogP contribution in [-0.4, -0.2) is 32.8 Å². The fourth-order valence-electron chi connectivity index (χ4n) is 2.32. The van der Waals surface area contributed by atoms with Crippen LogP contribution >= 0.6 is 0 Å². The number of anilines is 1. The van der Waals surface area contributed by atoms with Gasteiger partial charge in [-0.15, -0.1) is 0 Å². The van der Waals surface area contributed by atoms with Gasteiger partial charge in [-0.25, -0.2) is 0 Å². The quantitative estimate of drug-likeness (QED) is 0.881. The summed E-state index contributed by atoms with van der Waals surface area (Å²) in [5, 5.41) is 12.3. The lowest BCUT2D eigenvalue weighted by Gasteiger charge is -2.40. The molecule has 1 aromatic rings. The summed E-state index contributed by atoms with van der Waals surface area (Å²) < 4.78 is 6.03. The van der Waals surface area contributed by atoms with Gasteiger partial charge < -0.3 is 15.0 Å². The SMILES string of the molecule is CNCCC1Oc2c(C#N)cccc2N(C)C1C. The highest BCUT2D eigenvalue weighted by molar-refractivity contribution is 5.66. The molecule has 1 N–H and O–H groups in total. The smallest absolute Gasteiger partial charge is 0.160 e. The Labute approximate surface area is 108 Å². The Bertz CT molecular complexity index is 467. The second-order valence-corrected chi connectivity index (χ2v) is 4.67. The second-order valence-electron chi connectivity index (χ2n) is 4.67. The van der Waals surface area contributed by atoms with Gasteiger partial charge in [0.2, 0.25) is 0 Å². The van der Waals surface area contributed by atoms with Crippen molar-refractivity contribution in [3.8, 4) is 11.8 Å². The average Bonchev–Trinajstić information content (AvgIpc) is 2.40. The molecular weight excluding hydrogens is 226 g/mol. The average molecular weight is 245 g/mol. The number of nitrogens with zero attached hydrogens (tertiary/aromatic N) is 2. The highest BCUT2D eigenvalue weighted by atomic mass is 16.5. The zero-order chi connectivity index (χ0) is 13.1. The van der Waals surface area contributed by atoms with Gasteiger partial charge in [-0.2, -0.15) is 5.26 Å². The molecule has 0 aromatic heterocycles. The fraction of sp³-hybridized carbons (Fsp3) is 0.500. The molecule has 0 amide bonds. The zero-order valence-electron chi connectivity index (χ0n) is 11.1. The van der Waals surface area contributed by atoms with Gasteiger partial charge in [-0.3, -0.25) is 0 Å². The number of likely N-dealkylation sites (N-methyl/N-ethyl adjacent to an activating group) is 1. The van der Waals surface area contributed by atoms with Crippen molar-refractivity contribution in [3.05, 3.63) is 23.8 Å². The predicted octanol–water partition coefficient (Wildman–Crippen LogP) is 1.75. The van der Waals surface area contributed by atoms with Crippen LogP contribution in [0, 0.1) is 11.3 Å². The van der Waals surface area contributed by atoms with Crippen molar-refractivity contribution in [1.29, 1.82) is 5.26 Å². The normalized spacial score (nSPS) is 22.0. The molecule has 1 aliphatic rings. The van der Waals surface area contributed by atoms with Crippen LogP contribution in [0.25, 0.3) is 0 Å². The standard InChI is InChI=1S/C14H19N3O/c1-10-13(7-8-16-2)18-14-11(9-15)5-4-6-12(14)17(10)3/h4-6,10,13,16H,7-8H2,1-3H3. The Balaban J connectivity index is 2.33. The molecule has 4 nitrogen and oxygen atoms in total. The Morgan fingerprint density at radius 2 is 2.28 bits per heavy atom. The maximum atomic E-state index is 9.15. The Morgan fingerprint density at radius 1 is 1.50 bits per heavy atom. The predicted molar refractivity (Wildman–Crippen MR) is 72.0 cm³/mol. The molecule has 0 radical (unpaired) electrons. The zero-order valence-corrected chi connectivity index (χ0v) is 11.1. The first-order chi connectivity index (χ1) is 8.69. The molecule has 0 saturated heterocycles. The number of benzene rings is 1. The van der Waals surface area contributed by atoms with Gasteiger partial charge in [0.25, 0.3) is 0 Å². The molecule has 0 bridgehead atoms. The first-order valence-electron chi connectivity index (χ1n) is 6.26. The first kappa shape index (κ1) is 12.7. The van der Waals surface area contributed by atoms with E-state index in [1.165, 1.54) is 0 Å². The summed E-state index contributed by atoms with van der Waals surface area (Å²) >= 11 is 0. The van der Waals surface area contributed by atoms with E-state index in [4.69, 9.17) is 10.00 Å². The van der Waals surface area contributed by atoms with Crippen LogP contribution in [0.2, 0.25) is 0 Å². The first-order valence-corrected chi connectivity index (χ1v) is 6.26. The number of nitriles is 1. The lowest BCUT2D eigenvalue weighted by Crippen LogP contribution is -2.47. The monoisotopic (exact) mass is 245 g/mol. The van der Waals surface area contributed by atoms with Crippen LogP contribution in [-0.2, 0) is 0 Å². The number of para-hydroxylation sites is 1. The van der Waals surface area contributed by atoms with E-state index in [0.717, 1.165) is 24.4 Å². The number of hydrogen-bond acceptors (Lipinski definition) is 4. The molecule has 2 atom stereocenters. The van der Waals surface area contributed by atoms with Crippen LogP contribution in [0.5, 0.6) is 5.75 Å². The molecule has 1 aromatic carbocycles. The van der Waals surface area contributed by atoms with E-state index < -0.39 is 0 Å². The van der Waals surface area contributed by atoms with Crippen LogP contribution in [0.4, 0.5) is 5.69 Å². The van der Waals surface area contributed by atoms with Gasteiger partial charge in [0.05, 0.1) is 17.3 Å². The maximum absolute atomic E-state index is 9.15. The van der Waals surface area contributed by atoms with E-state index in [9.17, 15) is 0 Å². The van der Waals surface area contributed by atoms with Gasteiger partial charge in [0, 0.05) is 7.05 Å². The second kappa shape index (κ2) is 5.28. The van der Waals surface area contributed by atoms with Gasteiger partial charge in [0.15, 0.2) is 5.75 Å². The number of ether oxygens (including phenoxy) is 1. The number of nitrogens with one attached hydrogen (secondary N) is 1. The summed E-state index contributed by atoms with van der Waals surface area (Å²) in [4.78, 5) is 2.19. The molecule has 4 heteroatoms. The molecule has 18 heavy (non-hydrogen) atoms. The molecule has 2 rings (SSSR count). The molecule has 0 spiro atoms. The highest BCUT2D eigenvalue weighted by Gasteiger charge is 2.31. The van der Waals surface area contributed by atoms with E-state index in [1.54, 1.807) is 6.07 Å². The third-order valence-corrected chi connectivity index (χ3v) is 3.59. The van der Waals surface area contributed by atoms with Crippen LogP contribution in [0.15, 0.2) is 18.2 Å². The van der Waals surface area contributed by atoms with Gasteiger partial charge in [-0.1, -0.05) is 6.07 Å². The molecular formula is C14H19N3O. The molecule has 0 fully saturated rings. The number of hydrogen-bond donors (Lipinski definition) is 1. The minimum atomic E-state index is 0.115. The molecule has 0 saturated carbocycles. The van der Waals surface area contributed by atoms with Crippen molar-refractivity contribution in [2.75, 3.05) is 25.5 Å². The van der Waals surface area contributed by atoms with E-state index in [-0.39, 0.29) is 6.10 Å². The third kappa shape index (κ3) is 2.14.